The van der Waals surface area contributed by atoms with Crippen LogP contribution in [0, 0.1) is 5.92 Å². The standard InChI is InChI=1S/C16H27N3O/c1-18(2)11-13-6-8-19(9-7-13)12-14-10-15(20-3)4-5-16(14)17/h4-5,10,13H,6-9,11-12,17H2,1-3H3. The van der Waals surface area contributed by atoms with Crippen LogP contribution in [0.25, 0.3) is 0 Å². The van der Waals surface area contributed by atoms with Crippen molar-refractivity contribution in [3.05, 3.63) is 23.8 Å². The first kappa shape index (κ1) is 15.1. The zero-order valence-corrected chi connectivity index (χ0v) is 12.9. The van der Waals surface area contributed by atoms with Crippen LogP contribution in [0.3, 0.4) is 0 Å². The Morgan fingerprint density at radius 1 is 1.30 bits per heavy atom. The number of benzene rings is 1. The van der Waals surface area contributed by atoms with Crippen molar-refractivity contribution in [1.82, 2.24) is 9.80 Å². The third-order valence-corrected chi connectivity index (χ3v) is 4.07. The van der Waals surface area contributed by atoms with E-state index in [2.05, 4.69) is 30.0 Å². The predicted molar refractivity (Wildman–Crippen MR) is 84.0 cm³/mol. The summed E-state index contributed by atoms with van der Waals surface area (Å²) in [5.41, 5.74) is 8.10. The first-order valence-corrected chi connectivity index (χ1v) is 7.38. The Bertz CT molecular complexity index is 426. The van der Waals surface area contributed by atoms with Gasteiger partial charge < -0.3 is 15.4 Å². The fourth-order valence-electron chi connectivity index (χ4n) is 2.93. The minimum atomic E-state index is 0.837. The molecule has 1 aromatic rings. The van der Waals surface area contributed by atoms with Crippen molar-refractivity contribution in [3.63, 3.8) is 0 Å². The molecule has 0 atom stereocenters. The molecule has 20 heavy (non-hydrogen) atoms. The highest BCUT2D eigenvalue weighted by Gasteiger charge is 2.20. The van der Waals surface area contributed by atoms with Gasteiger partial charge in [-0.1, -0.05) is 0 Å². The minimum absolute atomic E-state index is 0.837. The third-order valence-electron chi connectivity index (χ3n) is 4.07. The molecule has 0 bridgehead atoms. The molecule has 0 aromatic heterocycles. The van der Waals surface area contributed by atoms with Gasteiger partial charge >= 0.3 is 0 Å². The van der Waals surface area contributed by atoms with Crippen molar-refractivity contribution in [2.24, 2.45) is 5.92 Å². The lowest BCUT2D eigenvalue weighted by Gasteiger charge is -2.33. The molecule has 1 aliphatic heterocycles. The van der Waals surface area contributed by atoms with Gasteiger partial charge in [-0.2, -0.15) is 0 Å². The second-order valence-electron chi connectivity index (χ2n) is 6.05. The molecule has 1 aliphatic rings. The average Bonchev–Trinajstić information content (AvgIpc) is 2.43. The molecular weight excluding hydrogens is 250 g/mol. The van der Waals surface area contributed by atoms with Gasteiger partial charge in [0.05, 0.1) is 7.11 Å². The molecule has 0 saturated carbocycles. The summed E-state index contributed by atoms with van der Waals surface area (Å²) in [7, 11) is 6.01. The highest BCUT2D eigenvalue weighted by atomic mass is 16.5. The van der Waals surface area contributed by atoms with Crippen LogP contribution in [-0.4, -0.2) is 50.6 Å². The van der Waals surface area contributed by atoms with Gasteiger partial charge in [-0.3, -0.25) is 4.90 Å². The molecule has 4 nitrogen and oxygen atoms in total. The summed E-state index contributed by atoms with van der Waals surface area (Å²) in [5, 5.41) is 0. The predicted octanol–water partition coefficient (Wildman–Crippen LogP) is 2.05. The van der Waals surface area contributed by atoms with Crippen LogP contribution >= 0.6 is 0 Å². The maximum atomic E-state index is 6.07. The second-order valence-corrected chi connectivity index (χ2v) is 6.05. The Kier molecular flexibility index (Phi) is 5.26. The van der Waals surface area contributed by atoms with Crippen LogP contribution in [-0.2, 0) is 6.54 Å². The maximum absolute atomic E-state index is 6.07. The zero-order valence-electron chi connectivity index (χ0n) is 12.9. The van der Waals surface area contributed by atoms with Crippen molar-refractivity contribution < 1.29 is 4.74 Å². The fraction of sp³-hybridized carbons (Fsp3) is 0.625. The van der Waals surface area contributed by atoms with E-state index in [0.717, 1.165) is 37.0 Å². The van der Waals surface area contributed by atoms with Crippen molar-refractivity contribution in [1.29, 1.82) is 0 Å². The van der Waals surface area contributed by atoms with Gasteiger partial charge in [-0.15, -0.1) is 0 Å². The van der Waals surface area contributed by atoms with Crippen LogP contribution in [0.1, 0.15) is 18.4 Å². The molecule has 0 radical (unpaired) electrons. The number of ether oxygens (including phenoxy) is 1. The average molecular weight is 277 g/mol. The zero-order chi connectivity index (χ0) is 14.5. The van der Waals surface area contributed by atoms with Gasteiger partial charge in [0.2, 0.25) is 0 Å². The molecule has 0 amide bonds. The van der Waals surface area contributed by atoms with Gasteiger partial charge in [0, 0.05) is 18.8 Å². The van der Waals surface area contributed by atoms with E-state index in [-0.39, 0.29) is 0 Å². The summed E-state index contributed by atoms with van der Waals surface area (Å²) in [6, 6.07) is 5.91. The summed E-state index contributed by atoms with van der Waals surface area (Å²) < 4.78 is 5.28. The lowest BCUT2D eigenvalue weighted by molar-refractivity contribution is 0.157. The summed E-state index contributed by atoms with van der Waals surface area (Å²) in [5.74, 6) is 1.72. The SMILES string of the molecule is COc1ccc(N)c(CN2CCC(CN(C)C)CC2)c1. The largest absolute Gasteiger partial charge is 0.497 e. The molecule has 0 unspecified atom stereocenters. The Labute approximate surface area is 122 Å². The van der Waals surface area contributed by atoms with E-state index in [4.69, 9.17) is 10.5 Å². The first-order valence-electron chi connectivity index (χ1n) is 7.38. The number of piperidine rings is 1. The van der Waals surface area contributed by atoms with Crippen molar-refractivity contribution >= 4 is 5.69 Å². The molecule has 0 spiro atoms. The number of nitrogen functional groups attached to an aromatic ring is 1. The quantitative estimate of drug-likeness (QED) is 0.837. The monoisotopic (exact) mass is 277 g/mol. The summed E-state index contributed by atoms with van der Waals surface area (Å²) in [4.78, 5) is 4.79. The van der Waals surface area contributed by atoms with E-state index in [9.17, 15) is 0 Å². The van der Waals surface area contributed by atoms with Crippen LogP contribution in [0.4, 0.5) is 5.69 Å². The van der Waals surface area contributed by atoms with Crippen LogP contribution < -0.4 is 10.5 Å². The van der Waals surface area contributed by atoms with E-state index in [1.807, 2.05) is 12.1 Å². The first-order chi connectivity index (χ1) is 9.58. The van der Waals surface area contributed by atoms with E-state index < -0.39 is 0 Å². The molecule has 2 rings (SSSR count). The maximum Gasteiger partial charge on any atom is 0.119 e. The normalized spacial score (nSPS) is 17.6. The molecule has 0 aliphatic carbocycles. The van der Waals surface area contributed by atoms with Gasteiger partial charge in [0.1, 0.15) is 5.75 Å². The topological polar surface area (TPSA) is 41.7 Å². The molecular formula is C16H27N3O. The van der Waals surface area contributed by atoms with E-state index in [0.29, 0.717) is 0 Å². The molecule has 1 saturated heterocycles. The third kappa shape index (κ3) is 4.12. The van der Waals surface area contributed by atoms with Crippen molar-refractivity contribution in [3.8, 4) is 5.75 Å². The fourth-order valence-corrected chi connectivity index (χ4v) is 2.93. The van der Waals surface area contributed by atoms with Crippen molar-refractivity contribution in [2.45, 2.75) is 19.4 Å². The second kappa shape index (κ2) is 6.95. The number of hydrogen-bond donors (Lipinski definition) is 1. The number of hydrogen-bond acceptors (Lipinski definition) is 4. The molecule has 1 heterocycles. The van der Waals surface area contributed by atoms with Gasteiger partial charge in [0.15, 0.2) is 0 Å². The van der Waals surface area contributed by atoms with Crippen LogP contribution in [0.15, 0.2) is 18.2 Å². The van der Waals surface area contributed by atoms with E-state index in [1.54, 1.807) is 7.11 Å². The summed E-state index contributed by atoms with van der Waals surface area (Å²) in [6.45, 7) is 4.46. The number of nitrogens with zero attached hydrogens (tertiary/aromatic N) is 2. The van der Waals surface area contributed by atoms with Crippen molar-refractivity contribution in [2.75, 3.05) is 46.6 Å². The van der Waals surface area contributed by atoms with Gasteiger partial charge in [-0.25, -0.2) is 0 Å². The highest BCUT2D eigenvalue weighted by Crippen LogP contribution is 2.24. The smallest absolute Gasteiger partial charge is 0.119 e. The molecule has 1 aromatic carbocycles. The number of methoxy groups -OCH3 is 1. The minimum Gasteiger partial charge on any atom is -0.497 e. The highest BCUT2D eigenvalue weighted by molar-refractivity contribution is 5.50. The molecule has 1 fully saturated rings. The van der Waals surface area contributed by atoms with Gasteiger partial charge in [0.25, 0.3) is 0 Å². The lowest BCUT2D eigenvalue weighted by atomic mass is 9.96. The molecule has 2 N–H and O–H groups in total. The molecule has 112 valence electrons. The summed E-state index contributed by atoms with van der Waals surface area (Å²) in [6.07, 6.45) is 2.56. The number of anilines is 1. The Morgan fingerprint density at radius 3 is 2.60 bits per heavy atom. The van der Waals surface area contributed by atoms with Crippen LogP contribution in [0.2, 0.25) is 0 Å². The number of likely N-dealkylation sites (tertiary alicyclic amines) is 1. The number of nitrogens with two attached hydrogens (primary N) is 1. The van der Waals surface area contributed by atoms with Gasteiger partial charge in [-0.05, 0) is 69.7 Å². The number of rotatable bonds is 5. The summed E-state index contributed by atoms with van der Waals surface area (Å²) >= 11 is 0. The molecule has 4 heteroatoms. The lowest BCUT2D eigenvalue weighted by Crippen LogP contribution is -2.36. The Balaban J connectivity index is 1.89. The Hall–Kier alpha value is -1.26. The van der Waals surface area contributed by atoms with E-state index >= 15 is 0 Å². The van der Waals surface area contributed by atoms with E-state index in [1.165, 1.54) is 24.9 Å². The Morgan fingerprint density at radius 2 is 2.00 bits per heavy atom. The van der Waals surface area contributed by atoms with Crippen LogP contribution in [0.5, 0.6) is 5.75 Å².